The molecule has 3 heterocycles. The smallest absolute Gasteiger partial charge is 0.246 e. The van der Waals surface area contributed by atoms with Crippen LogP contribution < -0.4 is 5.32 Å². The summed E-state index contributed by atoms with van der Waals surface area (Å²) in [5.74, 6) is 0.499. The van der Waals surface area contributed by atoms with Crippen LogP contribution in [0.5, 0.6) is 0 Å². The minimum Gasteiger partial charge on any atom is -0.339 e. The summed E-state index contributed by atoms with van der Waals surface area (Å²) >= 11 is 1.61. The second kappa shape index (κ2) is 8.07. The van der Waals surface area contributed by atoms with Crippen molar-refractivity contribution in [3.05, 3.63) is 52.4 Å². The molecule has 0 bridgehead atoms. The molecule has 130 valence electrons. The fourth-order valence-corrected chi connectivity index (χ4v) is 3.47. The Morgan fingerprint density at radius 3 is 2.80 bits per heavy atom. The molecule has 0 atom stereocenters. The number of aryl methyl sites for hydroxylation is 1. The molecule has 1 saturated heterocycles. The Kier molecular flexibility index (Phi) is 5.60. The predicted octanol–water partition coefficient (Wildman–Crippen LogP) is 3.34. The first-order valence-corrected chi connectivity index (χ1v) is 9.29. The van der Waals surface area contributed by atoms with Crippen LogP contribution in [0, 0.1) is 12.8 Å². The number of nitrogens with one attached hydrogen (secondary N) is 1. The van der Waals surface area contributed by atoms with E-state index in [0.717, 1.165) is 11.1 Å². The molecule has 1 fully saturated rings. The molecule has 1 aliphatic rings. The van der Waals surface area contributed by atoms with Crippen LogP contribution >= 0.6 is 11.3 Å². The maximum absolute atomic E-state index is 12.4. The largest absolute Gasteiger partial charge is 0.339 e. The summed E-state index contributed by atoms with van der Waals surface area (Å²) in [5, 5.41) is 6.86. The molecule has 5 nitrogen and oxygen atoms in total. The number of likely N-dealkylation sites (tertiary alicyclic amines) is 1. The lowest BCUT2D eigenvalue weighted by molar-refractivity contribution is -0.130. The Bertz CT molecular complexity index is 763. The van der Waals surface area contributed by atoms with E-state index < -0.39 is 0 Å². The van der Waals surface area contributed by atoms with E-state index in [9.17, 15) is 9.59 Å². The molecule has 0 aliphatic carbocycles. The monoisotopic (exact) mass is 355 g/mol. The number of pyridine rings is 1. The lowest BCUT2D eigenvalue weighted by atomic mass is 9.96. The van der Waals surface area contributed by atoms with E-state index in [2.05, 4.69) is 10.3 Å². The topological polar surface area (TPSA) is 62.3 Å². The summed E-state index contributed by atoms with van der Waals surface area (Å²) in [6.07, 6.45) is 6.48. The molecule has 2 aromatic rings. The number of amides is 2. The van der Waals surface area contributed by atoms with Gasteiger partial charge in [0.15, 0.2) is 0 Å². The fraction of sp³-hybridized carbons (Fsp3) is 0.316. The zero-order chi connectivity index (χ0) is 17.6. The molecule has 0 aromatic carbocycles. The van der Waals surface area contributed by atoms with Crippen LogP contribution in [-0.2, 0) is 9.59 Å². The fourth-order valence-electron chi connectivity index (χ4n) is 2.84. The lowest BCUT2D eigenvalue weighted by Crippen LogP contribution is -2.40. The summed E-state index contributed by atoms with van der Waals surface area (Å²) in [5.41, 5.74) is 2.10. The van der Waals surface area contributed by atoms with Gasteiger partial charge in [0.05, 0.1) is 0 Å². The van der Waals surface area contributed by atoms with Gasteiger partial charge in [-0.3, -0.25) is 9.59 Å². The summed E-state index contributed by atoms with van der Waals surface area (Å²) in [7, 11) is 0. The van der Waals surface area contributed by atoms with E-state index in [-0.39, 0.29) is 17.7 Å². The standard InChI is InChI=1S/C19H21N3O2S/c1-14-4-8-20-17(12-14)21-19(24)16-5-9-22(10-6-16)18(23)3-2-15-7-11-25-13-15/h2-4,7-8,11-13,16H,5-6,9-10H2,1H3,(H,20,21,24)/b3-2+. The molecule has 1 aliphatic heterocycles. The van der Waals surface area contributed by atoms with Gasteiger partial charge >= 0.3 is 0 Å². The van der Waals surface area contributed by atoms with Crippen molar-refractivity contribution in [1.82, 2.24) is 9.88 Å². The highest BCUT2D eigenvalue weighted by atomic mass is 32.1. The van der Waals surface area contributed by atoms with Gasteiger partial charge in [-0.05, 0) is 65.9 Å². The maximum Gasteiger partial charge on any atom is 0.246 e. The Morgan fingerprint density at radius 1 is 1.32 bits per heavy atom. The van der Waals surface area contributed by atoms with Gasteiger partial charge in [0.25, 0.3) is 0 Å². The molecule has 0 spiro atoms. The van der Waals surface area contributed by atoms with Gasteiger partial charge in [0.1, 0.15) is 5.82 Å². The first-order valence-electron chi connectivity index (χ1n) is 8.34. The van der Waals surface area contributed by atoms with Crippen LogP contribution in [0.15, 0.2) is 41.2 Å². The predicted molar refractivity (Wildman–Crippen MR) is 100 cm³/mol. The molecular formula is C19H21N3O2S. The second-order valence-electron chi connectivity index (χ2n) is 6.20. The average molecular weight is 355 g/mol. The number of hydrogen-bond acceptors (Lipinski definition) is 4. The first kappa shape index (κ1) is 17.4. The molecule has 3 rings (SSSR count). The SMILES string of the molecule is Cc1ccnc(NC(=O)C2CCN(C(=O)/C=C/c3ccsc3)CC2)c1. The zero-order valence-corrected chi connectivity index (χ0v) is 15.0. The van der Waals surface area contributed by atoms with Crippen molar-refractivity contribution in [3.8, 4) is 0 Å². The second-order valence-corrected chi connectivity index (χ2v) is 6.98. The molecule has 0 radical (unpaired) electrons. The normalized spacial score (nSPS) is 15.5. The summed E-state index contributed by atoms with van der Waals surface area (Å²) in [6, 6.07) is 5.72. The third-order valence-corrected chi connectivity index (χ3v) is 5.01. The Hall–Kier alpha value is -2.47. The highest BCUT2D eigenvalue weighted by Crippen LogP contribution is 2.20. The van der Waals surface area contributed by atoms with E-state index in [1.165, 1.54) is 0 Å². The maximum atomic E-state index is 12.4. The van der Waals surface area contributed by atoms with Crippen LogP contribution in [-0.4, -0.2) is 34.8 Å². The van der Waals surface area contributed by atoms with Crippen LogP contribution in [0.4, 0.5) is 5.82 Å². The van der Waals surface area contributed by atoms with Gasteiger partial charge in [-0.15, -0.1) is 0 Å². The van der Waals surface area contributed by atoms with E-state index in [1.807, 2.05) is 42.0 Å². The number of anilines is 1. The highest BCUT2D eigenvalue weighted by molar-refractivity contribution is 7.08. The molecule has 2 amide bonds. The van der Waals surface area contributed by atoms with Gasteiger partial charge in [-0.1, -0.05) is 0 Å². The van der Waals surface area contributed by atoms with E-state index in [0.29, 0.717) is 31.7 Å². The van der Waals surface area contributed by atoms with Crippen LogP contribution in [0.2, 0.25) is 0 Å². The molecule has 0 saturated carbocycles. The number of nitrogens with zero attached hydrogens (tertiary/aromatic N) is 2. The lowest BCUT2D eigenvalue weighted by Gasteiger charge is -2.30. The summed E-state index contributed by atoms with van der Waals surface area (Å²) < 4.78 is 0. The van der Waals surface area contributed by atoms with Crippen LogP contribution in [0.1, 0.15) is 24.0 Å². The van der Waals surface area contributed by atoms with E-state index in [4.69, 9.17) is 0 Å². The quantitative estimate of drug-likeness (QED) is 0.856. The summed E-state index contributed by atoms with van der Waals surface area (Å²) in [4.78, 5) is 30.6. The third-order valence-electron chi connectivity index (χ3n) is 4.31. The van der Waals surface area contributed by atoms with Crippen molar-refractivity contribution in [2.24, 2.45) is 5.92 Å². The van der Waals surface area contributed by atoms with Crippen molar-refractivity contribution in [1.29, 1.82) is 0 Å². The van der Waals surface area contributed by atoms with Crippen LogP contribution in [0.25, 0.3) is 6.08 Å². The number of rotatable bonds is 4. The summed E-state index contributed by atoms with van der Waals surface area (Å²) in [6.45, 7) is 3.17. The van der Waals surface area contributed by atoms with Gasteiger partial charge < -0.3 is 10.2 Å². The van der Waals surface area contributed by atoms with Gasteiger partial charge in [0.2, 0.25) is 11.8 Å². The first-order chi connectivity index (χ1) is 12.1. The van der Waals surface area contributed by atoms with Crippen molar-refractivity contribution < 1.29 is 9.59 Å². The number of hydrogen-bond donors (Lipinski definition) is 1. The molecule has 1 N–H and O–H groups in total. The Labute approximate surface area is 151 Å². The van der Waals surface area contributed by atoms with E-state index >= 15 is 0 Å². The van der Waals surface area contributed by atoms with Crippen molar-refractivity contribution in [2.45, 2.75) is 19.8 Å². The van der Waals surface area contributed by atoms with E-state index in [1.54, 1.807) is 28.5 Å². The minimum absolute atomic E-state index is 0.00501. The van der Waals surface area contributed by atoms with Gasteiger partial charge in [-0.2, -0.15) is 11.3 Å². The molecule has 0 unspecified atom stereocenters. The average Bonchev–Trinajstić information content (AvgIpc) is 3.13. The number of aromatic nitrogens is 1. The molecule has 25 heavy (non-hydrogen) atoms. The molecular weight excluding hydrogens is 334 g/mol. The minimum atomic E-state index is -0.0767. The Balaban J connectivity index is 1.49. The van der Waals surface area contributed by atoms with Gasteiger partial charge in [0, 0.05) is 31.3 Å². The molecule has 6 heteroatoms. The Morgan fingerprint density at radius 2 is 2.12 bits per heavy atom. The number of thiophene rings is 1. The number of carbonyl (C=O) groups is 2. The number of carbonyl (C=O) groups excluding carboxylic acids is 2. The highest BCUT2D eigenvalue weighted by Gasteiger charge is 2.26. The molecule has 2 aromatic heterocycles. The number of piperidine rings is 1. The van der Waals surface area contributed by atoms with Crippen molar-refractivity contribution >= 4 is 35.0 Å². The third kappa shape index (κ3) is 4.76. The van der Waals surface area contributed by atoms with Crippen LogP contribution in [0.3, 0.4) is 0 Å². The van der Waals surface area contributed by atoms with Gasteiger partial charge in [-0.25, -0.2) is 4.98 Å². The van der Waals surface area contributed by atoms with Crippen molar-refractivity contribution in [3.63, 3.8) is 0 Å². The zero-order valence-electron chi connectivity index (χ0n) is 14.1. The van der Waals surface area contributed by atoms with Crippen molar-refractivity contribution in [2.75, 3.05) is 18.4 Å².